The highest BCUT2D eigenvalue weighted by atomic mass is 19.4. The lowest BCUT2D eigenvalue weighted by molar-refractivity contribution is -0.138. The van der Waals surface area contributed by atoms with E-state index in [1.807, 2.05) is 0 Å². The number of ketones is 1. The molecular weight excluding hydrogens is 337 g/mol. The van der Waals surface area contributed by atoms with E-state index in [9.17, 15) is 22.8 Å². The maximum absolute atomic E-state index is 12.5. The normalized spacial score (nSPS) is 15.8. The number of Topliss-reactive ketones (excluding diaryl/α,β-unsaturated/α-hetero) is 1. The largest absolute Gasteiger partial charge is 0.419 e. The van der Waals surface area contributed by atoms with Gasteiger partial charge in [-0.2, -0.15) is 13.2 Å². The van der Waals surface area contributed by atoms with Crippen LogP contribution in [0.1, 0.15) is 65.7 Å². The van der Waals surface area contributed by atoms with Crippen LogP contribution in [0.5, 0.6) is 0 Å². The molecule has 3 rings (SSSR count). The molecule has 0 bridgehead atoms. The van der Waals surface area contributed by atoms with Crippen molar-refractivity contribution in [3.8, 4) is 0 Å². The van der Waals surface area contributed by atoms with Gasteiger partial charge in [0.2, 0.25) is 0 Å². The van der Waals surface area contributed by atoms with Crippen molar-refractivity contribution in [3.63, 3.8) is 0 Å². The Labute approximate surface area is 140 Å². The predicted molar refractivity (Wildman–Crippen MR) is 81.2 cm³/mol. The van der Waals surface area contributed by atoms with Gasteiger partial charge < -0.3 is 4.98 Å². The minimum absolute atomic E-state index is 0.0497. The number of hydrogen-bond acceptors (Lipinski definition) is 5. The van der Waals surface area contributed by atoms with E-state index in [1.54, 1.807) is 6.92 Å². The number of rotatable bonds is 5. The Morgan fingerprint density at radius 3 is 2.52 bits per heavy atom. The summed E-state index contributed by atoms with van der Waals surface area (Å²) in [4.78, 5) is 38.2. The van der Waals surface area contributed by atoms with Crippen LogP contribution in [-0.2, 0) is 6.18 Å². The number of hydrogen-bond donors (Lipinski definition) is 1. The Morgan fingerprint density at radius 1 is 1.32 bits per heavy atom. The average Bonchev–Trinajstić information content (AvgIpc) is 3.38. The number of aromatic amines is 1. The maximum Gasteiger partial charge on any atom is 0.419 e. The van der Waals surface area contributed by atoms with Crippen LogP contribution in [0, 0.1) is 0 Å². The van der Waals surface area contributed by atoms with Crippen LogP contribution in [0.3, 0.4) is 0 Å². The first kappa shape index (κ1) is 17.2. The number of aromatic nitrogens is 4. The molecule has 1 N–H and O–H groups in total. The van der Waals surface area contributed by atoms with Gasteiger partial charge in [-0.1, -0.05) is 6.92 Å². The Balaban J connectivity index is 1.73. The molecule has 132 valence electrons. The molecule has 0 saturated heterocycles. The van der Waals surface area contributed by atoms with Gasteiger partial charge >= 0.3 is 6.18 Å². The molecule has 0 aliphatic heterocycles. The molecule has 1 saturated carbocycles. The molecule has 1 fully saturated rings. The van der Waals surface area contributed by atoms with Gasteiger partial charge in [-0.15, -0.1) is 0 Å². The molecular formula is C16H15F3N4O2. The molecule has 6 nitrogen and oxygen atoms in total. The third kappa shape index (κ3) is 4.09. The Hall–Kier alpha value is -2.58. The second-order valence-corrected chi connectivity index (χ2v) is 6.15. The van der Waals surface area contributed by atoms with Gasteiger partial charge in [0.1, 0.15) is 17.3 Å². The van der Waals surface area contributed by atoms with Crippen LogP contribution in [-0.4, -0.2) is 25.7 Å². The van der Waals surface area contributed by atoms with E-state index in [0.717, 1.165) is 18.9 Å². The maximum atomic E-state index is 12.5. The Kier molecular flexibility index (Phi) is 4.40. The van der Waals surface area contributed by atoms with Gasteiger partial charge in [-0.05, 0) is 12.8 Å². The highest BCUT2D eigenvalue weighted by Gasteiger charge is 2.32. The van der Waals surface area contributed by atoms with E-state index in [1.165, 1.54) is 0 Å². The predicted octanol–water partition coefficient (Wildman–Crippen LogP) is 2.83. The van der Waals surface area contributed by atoms with Crippen molar-refractivity contribution in [2.75, 3.05) is 0 Å². The zero-order valence-electron chi connectivity index (χ0n) is 13.3. The van der Waals surface area contributed by atoms with Crippen LogP contribution < -0.4 is 5.56 Å². The summed E-state index contributed by atoms with van der Waals surface area (Å²) in [6, 6.07) is 1.13. The molecule has 1 atom stereocenters. The Bertz CT molecular complexity index is 842. The molecule has 25 heavy (non-hydrogen) atoms. The first-order valence-electron chi connectivity index (χ1n) is 7.77. The van der Waals surface area contributed by atoms with Crippen LogP contribution in [0.2, 0.25) is 0 Å². The summed E-state index contributed by atoms with van der Waals surface area (Å²) in [5.74, 6) is -0.0387. The van der Waals surface area contributed by atoms with E-state index < -0.39 is 23.2 Å². The number of nitrogens with one attached hydrogen (secondary N) is 1. The summed E-state index contributed by atoms with van der Waals surface area (Å²) in [5.41, 5.74) is -1.27. The van der Waals surface area contributed by atoms with Crippen molar-refractivity contribution in [2.45, 2.75) is 44.2 Å². The summed E-state index contributed by atoms with van der Waals surface area (Å²) in [6.07, 6.45) is -1.32. The topological polar surface area (TPSA) is 88.6 Å². The molecule has 2 heterocycles. The van der Waals surface area contributed by atoms with Gasteiger partial charge in [0.25, 0.3) is 5.56 Å². The second kappa shape index (κ2) is 6.38. The summed E-state index contributed by atoms with van der Waals surface area (Å²) in [6.45, 7) is 1.63. The second-order valence-electron chi connectivity index (χ2n) is 6.15. The van der Waals surface area contributed by atoms with Gasteiger partial charge in [0.05, 0.1) is 5.56 Å². The summed E-state index contributed by atoms with van der Waals surface area (Å²) >= 11 is 0. The lowest BCUT2D eigenvalue weighted by atomic mass is 10.0. The van der Waals surface area contributed by atoms with Crippen molar-refractivity contribution in [1.82, 2.24) is 19.9 Å². The fraction of sp³-hybridized carbons (Fsp3) is 0.438. The average molecular weight is 352 g/mol. The van der Waals surface area contributed by atoms with Crippen molar-refractivity contribution in [3.05, 3.63) is 51.7 Å². The first-order valence-corrected chi connectivity index (χ1v) is 7.77. The number of alkyl halides is 3. The zero-order valence-corrected chi connectivity index (χ0v) is 13.3. The zero-order chi connectivity index (χ0) is 18.2. The van der Waals surface area contributed by atoms with Crippen LogP contribution in [0.15, 0.2) is 23.3 Å². The molecule has 1 unspecified atom stereocenters. The number of carbonyl (C=O) groups excluding carboxylic acids is 1. The monoisotopic (exact) mass is 352 g/mol. The summed E-state index contributed by atoms with van der Waals surface area (Å²) in [5, 5.41) is 0. The number of H-pyrrole nitrogens is 1. The van der Waals surface area contributed by atoms with E-state index in [0.29, 0.717) is 18.2 Å². The third-order valence-electron chi connectivity index (χ3n) is 3.94. The fourth-order valence-corrected chi connectivity index (χ4v) is 2.38. The molecule has 0 amide bonds. The van der Waals surface area contributed by atoms with Crippen molar-refractivity contribution in [1.29, 1.82) is 0 Å². The number of carbonyl (C=O) groups is 1. The van der Waals surface area contributed by atoms with Crippen LogP contribution in [0.4, 0.5) is 13.2 Å². The smallest absolute Gasteiger partial charge is 0.310 e. The SMILES string of the molecule is CC(CC(=O)c1cc(=O)[nH]c(C2CC2)n1)c1ncc(C(F)(F)F)cn1. The molecule has 0 aromatic carbocycles. The minimum Gasteiger partial charge on any atom is -0.310 e. The van der Waals surface area contributed by atoms with Gasteiger partial charge in [0.15, 0.2) is 5.78 Å². The molecule has 2 aromatic heterocycles. The quantitative estimate of drug-likeness (QED) is 0.836. The molecule has 2 aromatic rings. The molecule has 0 radical (unpaired) electrons. The first-order chi connectivity index (χ1) is 11.7. The standard InChI is InChI=1S/C16H15F3N4O2/c1-8(14-20-6-10(7-21-14)16(17,18)19)4-12(24)11-5-13(25)23-15(22-11)9-2-3-9/h5-9H,2-4H2,1H3,(H,22,23,25). The lowest BCUT2D eigenvalue weighted by Gasteiger charge is -2.11. The molecule has 1 aliphatic carbocycles. The van der Waals surface area contributed by atoms with E-state index in [2.05, 4.69) is 19.9 Å². The Morgan fingerprint density at radius 2 is 1.96 bits per heavy atom. The fourth-order valence-electron chi connectivity index (χ4n) is 2.38. The lowest BCUT2D eigenvalue weighted by Crippen LogP contribution is -2.17. The molecule has 9 heteroatoms. The van der Waals surface area contributed by atoms with Crippen molar-refractivity contribution < 1.29 is 18.0 Å². The van der Waals surface area contributed by atoms with Crippen LogP contribution in [0.25, 0.3) is 0 Å². The van der Waals surface area contributed by atoms with E-state index in [-0.39, 0.29) is 29.6 Å². The van der Waals surface area contributed by atoms with Gasteiger partial charge in [-0.3, -0.25) is 9.59 Å². The van der Waals surface area contributed by atoms with Gasteiger partial charge in [-0.25, -0.2) is 15.0 Å². The third-order valence-corrected chi connectivity index (χ3v) is 3.94. The molecule has 0 spiro atoms. The minimum atomic E-state index is -4.51. The number of nitrogens with zero attached hydrogens (tertiary/aromatic N) is 3. The number of halogens is 3. The summed E-state index contributed by atoms with van der Waals surface area (Å²) in [7, 11) is 0. The van der Waals surface area contributed by atoms with E-state index >= 15 is 0 Å². The van der Waals surface area contributed by atoms with Crippen LogP contribution >= 0.6 is 0 Å². The highest BCUT2D eigenvalue weighted by Crippen LogP contribution is 2.37. The van der Waals surface area contributed by atoms with Gasteiger partial charge in [0, 0.05) is 36.7 Å². The van der Waals surface area contributed by atoms with E-state index in [4.69, 9.17) is 0 Å². The summed E-state index contributed by atoms with van der Waals surface area (Å²) < 4.78 is 37.6. The van der Waals surface area contributed by atoms with Crippen molar-refractivity contribution in [2.24, 2.45) is 0 Å². The molecule has 1 aliphatic rings. The van der Waals surface area contributed by atoms with Crippen molar-refractivity contribution >= 4 is 5.78 Å². The highest BCUT2D eigenvalue weighted by molar-refractivity contribution is 5.94.